The van der Waals surface area contributed by atoms with Crippen molar-refractivity contribution in [2.45, 2.75) is 45.1 Å². The number of unbranched alkanes of at least 4 members (excludes halogenated alkanes) is 2. The molecule has 0 spiro atoms. The lowest BCUT2D eigenvalue weighted by molar-refractivity contribution is -0.136. The fraction of sp³-hybridized carbons (Fsp3) is 0.833. The topological polar surface area (TPSA) is 87.5 Å². The Hall–Kier alpha value is -0.980. The first kappa shape index (κ1) is 15.1. The third-order valence-corrected chi connectivity index (χ3v) is 3.18. The standard InChI is InChI=1S/C12H24N4O2/c1-12(2,15-13)6-4-3-5-7-16-8-10(17)14-11(18)9-16/h15H,3-9,13H2,1-2H3,(H,14,17,18). The van der Waals surface area contributed by atoms with Crippen LogP contribution in [0.4, 0.5) is 0 Å². The largest absolute Gasteiger partial charge is 0.294 e. The number of imide groups is 1. The van der Waals surface area contributed by atoms with Crippen molar-refractivity contribution in [3.8, 4) is 0 Å². The van der Waals surface area contributed by atoms with Crippen LogP contribution >= 0.6 is 0 Å². The summed E-state index contributed by atoms with van der Waals surface area (Å²) in [5.41, 5.74) is 2.76. The molecule has 0 atom stereocenters. The average Bonchev–Trinajstić information content (AvgIpc) is 2.27. The molecule has 0 radical (unpaired) electrons. The normalized spacial score (nSPS) is 17.9. The molecule has 0 unspecified atom stereocenters. The lowest BCUT2D eigenvalue weighted by Crippen LogP contribution is -2.51. The number of piperazine rings is 1. The zero-order valence-electron chi connectivity index (χ0n) is 11.3. The Morgan fingerprint density at radius 3 is 2.39 bits per heavy atom. The number of carbonyl (C=O) groups excluding carboxylic acids is 2. The molecule has 0 aromatic rings. The van der Waals surface area contributed by atoms with E-state index in [1.807, 2.05) is 4.90 Å². The Labute approximate surface area is 108 Å². The summed E-state index contributed by atoms with van der Waals surface area (Å²) in [6, 6.07) is 0. The Balaban J connectivity index is 2.11. The first-order valence-corrected chi connectivity index (χ1v) is 6.46. The molecule has 6 nitrogen and oxygen atoms in total. The van der Waals surface area contributed by atoms with Crippen molar-refractivity contribution in [2.24, 2.45) is 5.84 Å². The third-order valence-electron chi connectivity index (χ3n) is 3.18. The Morgan fingerprint density at radius 1 is 1.22 bits per heavy atom. The van der Waals surface area contributed by atoms with E-state index in [1.54, 1.807) is 0 Å². The van der Waals surface area contributed by atoms with E-state index in [1.165, 1.54) is 0 Å². The highest BCUT2D eigenvalue weighted by Gasteiger charge is 2.21. The van der Waals surface area contributed by atoms with Gasteiger partial charge in [-0.2, -0.15) is 0 Å². The first-order valence-electron chi connectivity index (χ1n) is 6.46. The number of amides is 2. The van der Waals surface area contributed by atoms with Crippen LogP contribution in [0.15, 0.2) is 0 Å². The van der Waals surface area contributed by atoms with Crippen LogP contribution in [0.3, 0.4) is 0 Å². The van der Waals surface area contributed by atoms with E-state index in [4.69, 9.17) is 5.84 Å². The number of nitrogens with zero attached hydrogens (tertiary/aromatic N) is 1. The van der Waals surface area contributed by atoms with Crippen molar-refractivity contribution in [1.29, 1.82) is 0 Å². The maximum Gasteiger partial charge on any atom is 0.240 e. The van der Waals surface area contributed by atoms with Crippen LogP contribution in [0.1, 0.15) is 39.5 Å². The van der Waals surface area contributed by atoms with E-state index in [0.717, 1.165) is 32.2 Å². The van der Waals surface area contributed by atoms with Crippen LogP contribution in [0.2, 0.25) is 0 Å². The molecule has 2 amide bonds. The second-order valence-corrected chi connectivity index (χ2v) is 5.52. The van der Waals surface area contributed by atoms with Gasteiger partial charge in [-0.1, -0.05) is 12.8 Å². The van der Waals surface area contributed by atoms with E-state index >= 15 is 0 Å². The predicted octanol–water partition coefficient (Wildman–Crippen LogP) is -0.253. The van der Waals surface area contributed by atoms with Gasteiger partial charge in [0.2, 0.25) is 11.8 Å². The van der Waals surface area contributed by atoms with Gasteiger partial charge in [0.15, 0.2) is 0 Å². The van der Waals surface area contributed by atoms with Crippen molar-refractivity contribution >= 4 is 11.8 Å². The SMILES string of the molecule is CC(C)(CCCCCN1CC(=O)NC(=O)C1)NN. The van der Waals surface area contributed by atoms with Gasteiger partial charge < -0.3 is 0 Å². The van der Waals surface area contributed by atoms with E-state index in [2.05, 4.69) is 24.6 Å². The summed E-state index contributed by atoms with van der Waals surface area (Å²) in [5, 5.41) is 2.30. The molecule has 1 aliphatic rings. The lowest BCUT2D eigenvalue weighted by atomic mass is 9.97. The number of rotatable bonds is 7. The highest BCUT2D eigenvalue weighted by molar-refractivity contribution is 5.99. The summed E-state index contributed by atoms with van der Waals surface area (Å²) < 4.78 is 0. The zero-order chi connectivity index (χ0) is 13.6. The second-order valence-electron chi connectivity index (χ2n) is 5.52. The van der Waals surface area contributed by atoms with Crippen molar-refractivity contribution < 1.29 is 9.59 Å². The molecule has 1 saturated heterocycles. The van der Waals surface area contributed by atoms with Crippen LogP contribution in [0.5, 0.6) is 0 Å². The highest BCUT2D eigenvalue weighted by atomic mass is 16.2. The highest BCUT2D eigenvalue weighted by Crippen LogP contribution is 2.13. The van der Waals surface area contributed by atoms with Gasteiger partial charge in [-0.3, -0.25) is 31.1 Å². The Kier molecular flexibility index (Phi) is 5.71. The van der Waals surface area contributed by atoms with Crippen LogP contribution in [-0.4, -0.2) is 41.9 Å². The lowest BCUT2D eigenvalue weighted by Gasteiger charge is -2.26. The number of carbonyl (C=O) groups is 2. The number of nitrogens with one attached hydrogen (secondary N) is 2. The minimum absolute atomic E-state index is 0.0268. The summed E-state index contributed by atoms with van der Waals surface area (Å²) in [7, 11) is 0. The maximum atomic E-state index is 11.1. The molecule has 1 rings (SSSR count). The molecule has 0 aromatic heterocycles. The van der Waals surface area contributed by atoms with E-state index in [9.17, 15) is 9.59 Å². The molecule has 0 aromatic carbocycles. The fourth-order valence-electron chi connectivity index (χ4n) is 2.01. The van der Waals surface area contributed by atoms with Gasteiger partial charge in [0.1, 0.15) is 0 Å². The molecular weight excluding hydrogens is 232 g/mol. The molecule has 0 bridgehead atoms. The molecule has 1 aliphatic heterocycles. The molecule has 104 valence electrons. The van der Waals surface area contributed by atoms with E-state index < -0.39 is 0 Å². The van der Waals surface area contributed by atoms with Gasteiger partial charge in [-0.25, -0.2) is 0 Å². The molecule has 0 saturated carbocycles. The Bertz CT molecular complexity index is 288. The molecule has 1 fully saturated rings. The summed E-state index contributed by atoms with van der Waals surface area (Å²) in [6.07, 6.45) is 4.19. The summed E-state index contributed by atoms with van der Waals surface area (Å²) >= 11 is 0. The smallest absolute Gasteiger partial charge is 0.240 e. The van der Waals surface area contributed by atoms with E-state index in [0.29, 0.717) is 13.1 Å². The number of hydrazine groups is 1. The summed E-state index contributed by atoms with van der Waals surface area (Å²) in [5.74, 6) is 5.04. The zero-order valence-corrected chi connectivity index (χ0v) is 11.3. The number of hydrogen-bond acceptors (Lipinski definition) is 5. The molecule has 18 heavy (non-hydrogen) atoms. The first-order chi connectivity index (χ1) is 8.43. The number of nitrogens with two attached hydrogens (primary N) is 1. The van der Waals surface area contributed by atoms with Crippen molar-refractivity contribution in [3.05, 3.63) is 0 Å². The second kappa shape index (κ2) is 6.82. The maximum absolute atomic E-state index is 11.1. The van der Waals surface area contributed by atoms with Crippen LogP contribution < -0.4 is 16.6 Å². The van der Waals surface area contributed by atoms with E-state index in [-0.39, 0.29) is 17.4 Å². The van der Waals surface area contributed by atoms with Gasteiger partial charge >= 0.3 is 0 Å². The molecule has 6 heteroatoms. The van der Waals surface area contributed by atoms with Gasteiger partial charge in [-0.15, -0.1) is 0 Å². The van der Waals surface area contributed by atoms with Gasteiger partial charge in [-0.05, 0) is 33.2 Å². The van der Waals surface area contributed by atoms with Crippen LogP contribution in [0, 0.1) is 0 Å². The molecule has 1 heterocycles. The van der Waals surface area contributed by atoms with Gasteiger partial charge in [0.25, 0.3) is 0 Å². The molecule has 0 aliphatic carbocycles. The van der Waals surface area contributed by atoms with Crippen molar-refractivity contribution in [2.75, 3.05) is 19.6 Å². The monoisotopic (exact) mass is 256 g/mol. The average molecular weight is 256 g/mol. The van der Waals surface area contributed by atoms with Gasteiger partial charge in [0, 0.05) is 5.54 Å². The van der Waals surface area contributed by atoms with Crippen molar-refractivity contribution in [3.63, 3.8) is 0 Å². The van der Waals surface area contributed by atoms with Crippen molar-refractivity contribution in [1.82, 2.24) is 15.6 Å². The quantitative estimate of drug-likeness (QED) is 0.253. The third kappa shape index (κ3) is 5.57. The summed E-state index contributed by atoms with van der Waals surface area (Å²) in [6.45, 7) is 5.61. The predicted molar refractivity (Wildman–Crippen MR) is 69.5 cm³/mol. The summed E-state index contributed by atoms with van der Waals surface area (Å²) in [4.78, 5) is 24.2. The number of hydrogen-bond donors (Lipinski definition) is 3. The fourth-order valence-corrected chi connectivity index (χ4v) is 2.01. The van der Waals surface area contributed by atoms with Crippen LogP contribution in [0.25, 0.3) is 0 Å². The minimum Gasteiger partial charge on any atom is -0.294 e. The Morgan fingerprint density at radius 2 is 1.83 bits per heavy atom. The molecule has 4 N–H and O–H groups in total. The molecular formula is C12H24N4O2. The minimum atomic E-state index is -0.195. The van der Waals surface area contributed by atoms with Gasteiger partial charge in [0.05, 0.1) is 13.1 Å². The van der Waals surface area contributed by atoms with Crippen LogP contribution in [-0.2, 0) is 9.59 Å².